The average Bonchev–Trinajstić information content (AvgIpc) is 2.77. The minimum Gasteiger partial charge on any atom is -0.367 e. The van der Waals surface area contributed by atoms with E-state index in [1.54, 1.807) is 18.1 Å². The number of thioether (sulfide) groups is 2. The second-order valence-corrected chi connectivity index (χ2v) is 5.92. The van der Waals surface area contributed by atoms with Crippen molar-refractivity contribution >= 4 is 29.3 Å². The molecule has 0 radical (unpaired) electrons. The quantitative estimate of drug-likeness (QED) is 0.661. The van der Waals surface area contributed by atoms with Gasteiger partial charge in [0.05, 0.1) is 0 Å². The van der Waals surface area contributed by atoms with Gasteiger partial charge < -0.3 is 5.32 Å². The van der Waals surface area contributed by atoms with E-state index in [2.05, 4.69) is 21.5 Å². The second-order valence-electron chi connectivity index (χ2n) is 3.96. The summed E-state index contributed by atoms with van der Waals surface area (Å²) in [7, 11) is 0. The van der Waals surface area contributed by atoms with E-state index in [0.717, 1.165) is 16.1 Å². The molecule has 1 heterocycles. The SMILES string of the molecule is CSc1cc(NC2CCC(SC)C2)ncn1. The van der Waals surface area contributed by atoms with Gasteiger partial charge in [0.2, 0.25) is 0 Å². The van der Waals surface area contributed by atoms with E-state index in [-0.39, 0.29) is 0 Å². The van der Waals surface area contributed by atoms with Crippen LogP contribution in [0.15, 0.2) is 17.4 Å². The molecular weight excluding hydrogens is 238 g/mol. The van der Waals surface area contributed by atoms with Gasteiger partial charge in [-0.25, -0.2) is 9.97 Å². The Morgan fingerprint density at radius 1 is 1.31 bits per heavy atom. The first-order valence-electron chi connectivity index (χ1n) is 5.47. The Bertz CT molecular complexity index is 346. The van der Waals surface area contributed by atoms with E-state index in [9.17, 15) is 0 Å². The largest absolute Gasteiger partial charge is 0.367 e. The Balaban J connectivity index is 1.94. The summed E-state index contributed by atoms with van der Waals surface area (Å²) in [5.74, 6) is 0.964. The lowest BCUT2D eigenvalue weighted by atomic mass is 10.2. The Morgan fingerprint density at radius 2 is 2.19 bits per heavy atom. The van der Waals surface area contributed by atoms with Crippen molar-refractivity contribution in [1.29, 1.82) is 0 Å². The van der Waals surface area contributed by atoms with E-state index in [0.29, 0.717) is 6.04 Å². The topological polar surface area (TPSA) is 37.8 Å². The Morgan fingerprint density at radius 3 is 2.88 bits per heavy atom. The third-order valence-electron chi connectivity index (χ3n) is 2.92. The Hall–Kier alpha value is -0.420. The summed E-state index contributed by atoms with van der Waals surface area (Å²) in [6, 6.07) is 2.61. The van der Waals surface area contributed by atoms with Gasteiger partial charge in [-0.05, 0) is 31.8 Å². The van der Waals surface area contributed by atoms with Crippen LogP contribution in [0.1, 0.15) is 19.3 Å². The number of nitrogens with one attached hydrogen (secondary N) is 1. The molecule has 1 aliphatic rings. The van der Waals surface area contributed by atoms with Crippen molar-refractivity contribution in [3.63, 3.8) is 0 Å². The lowest BCUT2D eigenvalue weighted by Crippen LogP contribution is -2.16. The molecule has 1 fully saturated rings. The lowest BCUT2D eigenvalue weighted by Gasteiger charge is -2.13. The molecule has 3 nitrogen and oxygen atoms in total. The zero-order valence-corrected chi connectivity index (χ0v) is 11.3. The van der Waals surface area contributed by atoms with Crippen LogP contribution < -0.4 is 5.32 Å². The first kappa shape index (κ1) is 12.0. The molecule has 0 bridgehead atoms. The predicted octanol–water partition coefficient (Wildman–Crippen LogP) is 2.89. The second kappa shape index (κ2) is 5.77. The van der Waals surface area contributed by atoms with Crippen LogP contribution in [0.2, 0.25) is 0 Å². The summed E-state index contributed by atoms with van der Waals surface area (Å²) in [5, 5.41) is 5.35. The lowest BCUT2D eigenvalue weighted by molar-refractivity contribution is 0.750. The van der Waals surface area contributed by atoms with Gasteiger partial charge >= 0.3 is 0 Å². The molecule has 1 aromatic heterocycles. The molecule has 0 aromatic carbocycles. The van der Waals surface area contributed by atoms with Crippen LogP contribution in [0.3, 0.4) is 0 Å². The minimum atomic E-state index is 0.585. The standard InChI is InChI=1S/C11H17N3S2/c1-15-9-4-3-8(5-9)14-10-6-11(16-2)13-7-12-10/h6-9H,3-5H2,1-2H3,(H,12,13,14). The summed E-state index contributed by atoms with van der Waals surface area (Å²) < 4.78 is 0. The van der Waals surface area contributed by atoms with Gasteiger partial charge in [-0.15, -0.1) is 11.8 Å². The molecular formula is C11H17N3S2. The highest BCUT2D eigenvalue weighted by Gasteiger charge is 2.23. The molecule has 0 amide bonds. The van der Waals surface area contributed by atoms with Gasteiger partial charge in [0, 0.05) is 17.4 Å². The van der Waals surface area contributed by atoms with Gasteiger partial charge in [0.1, 0.15) is 17.2 Å². The molecule has 1 N–H and O–H groups in total. The third kappa shape index (κ3) is 3.04. The number of hydrogen-bond acceptors (Lipinski definition) is 5. The van der Waals surface area contributed by atoms with Gasteiger partial charge in [0.15, 0.2) is 0 Å². The summed E-state index contributed by atoms with van der Waals surface area (Å²) in [6.45, 7) is 0. The fourth-order valence-corrected chi connectivity index (χ4v) is 3.20. The number of anilines is 1. The summed E-state index contributed by atoms with van der Waals surface area (Å²) in [4.78, 5) is 8.43. The maximum atomic E-state index is 4.26. The van der Waals surface area contributed by atoms with E-state index >= 15 is 0 Å². The molecule has 1 saturated carbocycles. The molecule has 88 valence electrons. The predicted molar refractivity (Wildman–Crippen MR) is 72.4 cm³/mol. The highest BCUT2D eigenvalue weighted by Crippen LogP contribution is 2.30. The number of rotatable bonds is 4. The van der Waals surface area contributed by atoms with Crippen LogP contribution >= 0.6 is 23.5 Å². The van der Waals surface area contributed by atoms with E-state index < -0.39 is 0 Å². The monoisotopic (exact) mass is 255 g/mol. The van der Waals surface area contributed by atoms with Crippen LogP contribution in [-0.2, 0) is 0 Å². The zero-order chi connectivity index (χ0) is 11.4. The van der Waals surface area contributed by atoms with Crippen molar-refractivity contribution < 1.29 is 0 Å². The molecule has 5 heteroatoms. The smallest absolute Gasteiger partial charge is 0.130 e. The van der Waals surface area contributed by atoms with Crippen LogP contribution in [0.25, 0.3) is 0 Å². The Labute approximate surface area is 105 Å². The molecule has 2 unspecified atom stereocenters. The molecule has 2 atom stereocenters. The maximum Gasteiger partial charge on any atom is 0.130 e. The molecule has 2 rings (SSSR count). The fourth-order valence-electron chi connectivity index (χ4n) is 2.02. The molecule has 1 aliphatic carbocycles. The first-order valence-corrected chi connectivity index (χ1v) is 7.98. The van der Waals surface area contributed by atoms with E-state index in [1.807, 2.05) is 24.1 Å². The summed E-state index contributed by atoms with van der Waals surface area (Å²) in [6.07, 6.45) is 9.69. The van der Waals surface area contributed by atoms with Crippen LogP contribution in [0.4, 0.5) is 5.82 Å². The van der Waals surface area contributed by atoms with Gasteiger partial charge in [-0.3, -0.25) is 0 Å². The van der Waals surface area contributed by atoms with Crippen molar-refractivity contribution in [2.24, 2.45) is 0 Å². The highest BCUT2D eigenvalue weighted by atomic mass is 32.2. The fraction of sp³-hybridized carbons (Fsp3) is 0.636. The summed E-state index contributed by atoms with van der Waals surface area (Å²) in [5.41, 5.74) is 0. The van der Waals surface area contributed by atoms with Gasteiger partial charge in [0.25, 0.3) is 0 Å². The first-order chi connectivity index (χ1) is 7.81. The number of nitrogens with zero attached hydrogens (tertiary/aromatic N) is 2. The molecule has 1 aromatic rings. The maximum absolute atomic E-state index is 4.26. The van der Waals surface area contributed by atoms with Crippen molar-refractivity contribution in [2.45, 2.75) is 35.6 Å². The molecule has 0 spiro atoms. The zero-order valence-electron chi connectivity index (χ0n) is 9.64. The van der Waals surface area contributed by atoms with E-state index in [4.69, 9.17) is 0 Å². The van der Waals surface area contributed by atoms with Gasteiger partial charge in [-0.1, -0.05) is 0 Å². The van der Waals surface area contributed by atoms with Crippen LogP contribution in [0, 0.1) is 0 Å². The average molecular weight is 255 g/mol. The Kier molecular flexibility index (Phi) is 4.35. The van der Waals surface area contributed by atoms with Crippen LogP contribution in [0.5, 0.6) is 0 Å². The normalized spacial score (nSPS) is 24.6. The van der Waals surface area contributed by atoms with Crippen molar-refractivity contribution in [2.75, 3.05) is 17.8 Å². The van der Waals surface area contributed by atoms with E-state index in [1.165, 1.54) is 19.3 Å². The summed E-state index contributed by atoms with van der Waals surface area (Å²) >= 11 is 3.63. The van der Waals surface area contributed by atoms with Gasteiger partial charge in [-0.2, -0.15) is 11.8 Å². The number of hydrogen-bond donors (Lipinski definition) is 1. The number of aromatic nitrogens is 2. The minimum absolute atomic E-state index is 0.585. The van der Waals surface area contributed by atoms with Crippen molar-refractivity contribution in [3.05, 3.63) is 12.4 Å². The van der Waals surface area contributed by atoms with Crippen molar-refractivity contribution in [3.8, 4) is 0 Å². The third-order valence-corrected chi connectivity index (χ3v) is 4.66. The van der Waals surface area contributed by atoms with Crippen molar-refractivity contribution in [1.82, 2.24) is 9.97 Å². The molecule has 16 heavy (non-hydrogen) atoms. The molecule has 0 saturated heterocycles. The highest BCUT2D eigenvalue weighted by molar-refractivity contribution is 7.99. The van der Waals surface area contributed by atoms with Crippen LogP contribution in [-0.4, -0.2) is 33.8 Å². The molecule has 0 aliphatic heterocycles.